The summed E-state index contributed by atoms with van der Waals surface area (Å²) in [7, 11) is 0. The molecule has 5 aromatic rings. The van der Waals surface area contributed by atoms with Crippen molar-refractivity contribution in [1.29, 1.82) is 0 Å². The second-order valence-electron chi connectivity index (χ2n) is 8.20. The number of aromatic nitrogens is 5. The van der Waals surface area contributed by atoms with Crippen LogP contribution in [0.25, 0.3) is 22.4 Å². The molecule has 0 atom stereocenters. The second-order valence-corrected chi connectivity index (χ2v) is 8.61. The summed E-state index contributed by atoms with van der Waals surface area (Å²) in [6.45, 7) is -2.08. The van der Waals surface area contributed by atoms with Gasteiger partial charge in [0.2, 0.25) is 0 Å². The third-order valence-electron chi connectivity index (χ3n) is 5.49. The highest BCUT2D eigenvalue weighted by Crippen LogP contribution is 2.32. The second kappa shape index (κ2) is 10.3. The summed E-state index contributed by atoms with van der Waals surface area (Å²) in [5, 5.41) is 18.5. The minimum absolute atomic E-state index is 0.0262. The Morgan fingerprint density at radius 3 is 2.51 bits per heavy atom. The van der Waals surface area contributed by atoms with Crippen molar-refractivity contribution in [3.05, 3.63) is 83.3 Å². The minimum atomic E-state index is -4.66. The van der Waals surface area contributed by atoms with Crippen molar-refractivity contribution in [2.24, 2.45) is 0 Å². The van der Waals surface area contributed by atoms with Gasteiger partial charge in [0.05, 0.1) is 29.0 Å². The fraction of sp³-hybridized carbons (Fsp3) is 0.120. The predicted octanol–water partition coefficient (Wildman–Crippen LogP) is 6.26. The maximum Gasteiger partial charge on any atom is 0.422 e. The molecule has 0 saturated carbocycles. The summed E-state index contributed by atoms with van der Waals surface area (Å²) in [6, 6.07) is 9.74. The first-order valence-electron chi connectivity index (χ1n) is 11.1. The predicted molar refractivity (Wildman–Crippen MR) is 132 cm³/mol. The number of rotatable bonds is 7. The number of alkyl halides is 3. The molecule has 3 aromatic heterocycles. The summed E-state index contributed by atoms with van der Waals surface area (Å²) < 4.78 is 72.5. The van der Waals surface area contributed by atoms with Gasteiger partial charge in [0.15, 0.2) is 24.0 Å². The molecule has 3 heterocycles. The van der Waals surface area contributed by atoms with Crippen LogP contribution in [-0.4, -0.2) is 42.6 Å². The van der Waals surface area contributed by atoms with Gasteiger partial charge >= 0.3 is 6.18 Å². The Balaban J connectivity index is 1.50. The first-order chi connectivity index (χ1) is 18.6. The van der Waals surface area contributed by atoms with Gasteiger partial charge < -0.3 is 15.2 Å². The van der Waals surface area contributed by atoms with E-state index in [0.29, 0.717) is 28.7 Å². The van der Waals surface area contributed by atoms with Crippen LogP contribution in [0.4, 0.5) is 33.5 Å². The van der Waals surface area contributed by atoms with E-state index in [0.717, 1.165) is 6.20 Å². The normalized spacial score (nSPS) is 11.6. The largest absolute Gasteiger partial charge is 0.503 e. The summed E-state index contributed by atoms with van der Waals surface area (Å²) in [4.78, 5) is 12.4. The van der Waals surface area contributed by atoms with E-state index in [1.807, 2.05) is 0 Å². The average molecular weight is 563 g/mol. The van der Waals surface area contributed by atoms with Crippen molar-refractivity contribution >= 4 is 34.0 Å². The standard InChI is InChI=1S/C25H16ClF5N6O2/c26-16-9-32-6-5-19(16)34-23-21(38)10-33-24(35-23)22-14-3-1-2-4-20(14)37(36-22)11-15-17(27)7-13(8-18(15)28)39-12-25(29,30)31/h1-10,38H,11-12H2,(H,32,33,34,35). The zero-order valence-corrected chi connectivity index (χ0v) is 20.3. The smallest absolute Gasteiger partial charge is 0.422 e. The van der Waals surface area contributed by atoms with Gasteiger partial charge in [-0.2, -0.15) is 18.3 Å². The summed E-state index contributed by atoms with van der Waals surface area (Å²) in [5.74, 6) is -2.95. The maximum atomic E-state index is 14.8. The van der Waals surface area contributed by atoms with Crippen molar-refractivity contribution < 1.29 is 31.8 Å². The molecule has 0 unspecified atom stereocenters. The Hall–Kier alpha value is -4.52. The first kappa shape index (κ1) is 26.1. The molecule has 5 rings (SSSR count). The summed E-state index contributed by atoms with van der Waals surface area (Å²) in [5.41, 5.74) is 0.721. The Labute approximate surface area is 221 Å². The minimum Gasteiger partial charge on any atom is -0.503 e. The van der Waals surface area contributed by atoms with E-state index in [9.17, 15) is 27.1 Å². The molecule has 2 aromatic carbocycles. The molecule has 2 N–H and O–H groups in total. The van der Waals surface area contributed by atoms with Gasteiger partial charge in [0, 0.05) is 35.5 Å². The molecule has 0 fully saturated rings. The van der Waals surface area contributed by atoms with Gasteiger partial charge in [0.1, 0.15) is 23.1 Å². The third kappa shape index (κ3) is 5.67. The number of nitrogens with one attached hydrogen (secondary N) is 1. The fourth-order valence-electron chi connectivity index (χ4n) is 3.73. The van der Waals surface area contributed by atoms with E-state index in [4.69, 9.17) is 11.6 Å². The van der Waals surface area contributed by atoms with Crippen LogP contribution in [0.5, 0.6) is 11.5 Å². The fourth-order valence-corrected chi connectivity index (χ4v) is 3.89. The number of nitrogens with zero attached hydrogens (tertiary/aromatic N) is 5. The van der Waals surface area contributed by atoms with Crippen LogP contribution in [0, 0.1) is 11.6 Å². The third-order valence-corrected chi connectivity index (χ3v) is 5.79. The maximum absolute atomic E-state index is 14.8. The lowest BCUT2D eigenvalue weighted by Crippen LogP contribution is -2.19. The van der Waals surface area contributed by atoms with Crippen LogP contribution >= 0.6 is 11.6 Å². The lowest BCUT2D eigenvalue weighted by molar-refractivity contribution is -0.153. The van der Waals surface area contributed by atoms with Gasteiger partial charge in [-0.25, -0.2) is 18.7 Å². The van der Waals surface area contributed by atoms with Crippen LogP contribution in [-0.2, 0) is 6.54 Å². The molecule has 200 valence electrons. The van der Waals surface area contributed by atoms with E-state index in [-0.39, 0.29) is 28.1 Å². The number of hydrogen-bond acceptors (Lipinski definition) is 7. The highest BCUT2D eigenvalue weighted by Gasteiger charge is 2.29. The van der Waals surface area contributed by atoms with E-state index in [1.54, 1.807) is 30.3 Å². The van der Waals surface area contributed by atoms with E-state index in [2.05, 4.69) is 30.1 Å². The monoisotopic (exact) mass is 562 g/mol. The molecule has 0 amide bonds. The van der Waals surface area contributed by atoms with E-state index in [1.165, 1.54) is 17.1 Å². The van der Waals surface area contributed by atoms with E-state index < -0.39 is 42.3 Å². The quantitative estimate of drug-likeness (QED) is 0.226. The van der Waals surface area contributed by atoms with Crippen LogP contribution < -0.4 is 10.1 Å². The number of anilines is 2. The molecular formula is C25H16ClF5N6O2. The van der Waals surface area contributed by atoms with Gasteiger partial charge in [-0.05, 0) is 12.1 Å². The molecular weight excluding hydrogens is 547 g/mol. The van der Waals surface area contributed by atoms with Crippen LogP contribution in [0.3, 0.4) is 0 Å². The molecule has 0 aliphatic heterocycles. The molecule has 0 aliphatic carbocycles. The summed E-state index contributed by atoms with van der Waals surface area (Å²) in [6.07, 6.45) is -0.597. The molecule has 39 heavy (non-hydrogen) atoms. The van der Waals surface area contributed by atoms with Crippen molar-refractivity contribution in [2.75, 3.05) is 11.9 Å². The number of pyridine rings is 1. The molecule has 0 radical (unpaired) electrons. The summed E-state index contributed by atoms with van der Waals surface area (Å²) >= 11 is 6.13. The molecule has 0 bridgehead atoms. The molecule has 0 aliphatic rings. The van der Waals surface area contributed by atoms with Crippen LogP contribution in [0.2, 0.25) is 5.02 Å². The molecule has 0 saturated heterocycles. The zero-order valence-electron chi connectivity index (χ0n) is 19.5. The van der Waals surface area contributed by atoms with Crippen molar-refractivity contribution in [1.82, 2.24) is 24.7 Å². The number of para-hydroxylation sites is 1. The van der Waals surface area contributed by atoms with E-state index >= 15 is 0 Å². The highest BCUT2D eigenvalue weighted by atomic mass is 35.5. The Morgan fingerprint density at radius 2 is 1.79 bits per heavy atom. The first-order valence-corrected chi connectivity index (χ1v) is 11.5. The Bertz CT molecular complexity index is 1650. The number of aromatic hydroxyl groups is 1. The molecule has 14 heteroatoms. The van der Waals surface area contributed by atoms with Gasteiger partial charge in [-0.1, -0.05) is 29.8 Å². The van der Waals surface area contributed by atoms with Gasteiger partial charge in [-0.15, -0.1) is 0 Å². The average Bonchev–Trinajstić information content (AvgIpc) is 3.25. The highest BCUT2D eigenvalue weighted by molar-refractivity contribution is 6.33. The zero-order chi connectivity index (χ0) is 27.7. The van der Waals surface area contributed by atoms with Crippen LogP contribution in [0.15, 0.2) is 61.1 Å². The number of hydrogen-bond donors (Lipinski definition) is 2. The lowest BCUT2D eigenvalue weighted by atomic mass is 10.1. The Kier molecular flexibility index (Phi) is 6.91. The molecule has 8 nitrogen and oxygen atoms in total. The number of benzene rings is 2. The van der Waals surface area contributed by atoms with Crippen molar-refractivity contribution in [3.63, 3.8) is 0 Å². The van der Waals surface area contributed by atoms with Crippen LogP contribution in [0.1, 0.15) is 5.56 Å². The number of ether oxygens (including phenoxy) is 1. The topological polar surface area (TPSA) is 98.0 Å². The van der Waals surface area contributed by atoms with Crippen molar-refractivity contribution in [3.8, 4) is 23.0 Å². The SMILES string of the molecule is Oc1cnc(-c2nn(Cc3c(F)cc(OCC(F)(F)F)cc3F)c3ccccc23)nc1Nc1ccncc1Cl. The number of fused-ring (bicyclic) bond motifs is 1. The number of halogens is 6. The van der Waals surface area contributed by atoms with Gasteiger partial charge in [-0.3, -0.25) is 9.67 Å². The van der Waals surface area contributed by atoms with Gasteiger partial charge in [0.25, 0.3) is 0 Å². The molecule has 0 spiro atoms. The Morgan fingerprint density at radius 1 is 1.05 bits per heavy atom. The van der Waals surface area contributed by atoms with Crippen molar-refractivity contribution in [2.45, 2.75) is 12.7 Å². The lowest BCUT2D eigenvalue weighted by Gasteiger charge is -2.12.